The molecule has 1 aromatic carbocycles. The molecule has 22 heavy (non-hydrogen) atoms. The maximum Gasteiger partial charge on any atom is 0.239 e. The molecule has 0 aliphatic heterocycles. The Morgan fingerprint density at radius 1 is 1.32 bits per heavy atom. The van der Waals surface area contributed by atoms with Crippen molar-refractivity contribution in [3.8, 4) is 11.3 Å². The summed E-state index contributed by atoms with van der Waals surface area (Å²) in [6.45, 7) is 1.73. The number of amides is 1. The van der Waals surface area contributed by atoms with Gasteiger partial charge in [-0.2, -0.15) is 4.31 Å². The quantitative estimate of drug-likeness (QED) is 0.903. The molecule has 0 aliphatic rings. The van der Waals surface area contributed by atoms with Gasteiger partial charge < -0.3 is 5.32 Å². The second-order valence-corrected chi connectivity index (χ2v) is 8.05. The van der Waals surface area contributed by atoms with E-state index in [2.05, 4.69) is 10.3 Å². The third-order valence-electron chi connectivity index (χ3n) is 3.02. The number of aryl methyl sites for hydroxylation is 1. The number of hydrogen-bond acceptors (Lipinski definition) is 5. The number of carbonyl (C=O) groups is 1. The van der Waals surface area contributed by atoms with Crippen LogP contribution in [0.4, 0.5) is 5.69 Å². The van der Waals surface area contributed by atoms with Crippen molar-refractivity contribution >= 4 is 33.0 Å². The van der Waals surface area contributed by atoms with Gasteiger partial charge in [-0.15, -0.1) is 11.3 Å². The molecule has 1 amide bonds. The lowest BCUT2D eigenvalue weighted by Crippen LogP contribution is -2.34. The fourth-order valence-electron chi connectivity index (χ4n) is 1.74. The van der Waals surface area contributed by atoms with Crippen LogP contribution in [0.25, 0.3) is 11.3 Å². The van der Waals surface area contributed by atoms with Gasteiger partial charge in [0, 0.05) is 23.7 Å². The Kier molecular flexibility index (Phi) is 4.94. The first-order valence-corrected chi connectivity index (χ1v) is 9.22. The number of likely N-dealkylation sites (N-methyl/N-ethyl adjacent to an activating group) is 1. The van der Waals surface area contributed by atoms with Gasteiger partial charge in [-0.1, -0.05) is 12.1 Å². The van der Waals surface area contributed by atoms with E-state index in [0.29, 0.717) is 5.69 Å². The van der Waals surface area contributed by atoms with Crippen LogP contribution in [0.5, 0.6) is 0 Å². The minimum absolute atomic E-state index is 0.216. The minimum atomic E-state index is -3.37. The van der Waals surface area contributed by atoms with Gasteiger partial charge in [0.25, 0.3) is 0 Å². The second kappa shape index (κ2) is 6.55. The fourth-order valence-corrected chi connectivity index (χ4v) is 2.71. The first-order valence-electron chi connectivity index (χ1n) is 6.49. The van der Waals surface area contributed by atoms with Crippen LogP contribution < -0.4 is 5.32 Å². The van der Waals surface area contributed by atoms with Crippen molar-refractivity contribution in [1.82, 2.24) is 9.29 Å². The molecule has 0 radical (unpaired) electrons. The van der Waals surface area contributed by atoms with Gasteiger partial charge in [-0.05, 0) is 19.1 Å². The summed E-state index contributed by atoms with van der Waals surface area (Å²) in [5, 5.41) is 5.64. The molecule has 2 rings (SSSR count). The summed E-state index contributed by atoms with van der Waals surface area (Å²) in [5.74, 6) is -0.384. The second-order valence-electron chi connectivity index (χ2n) is 4.90. The molecule has 0 spiro atoms. The zero-order chi connectivity index (χ0) is 16.3. The van der Waals surface area contributed by atoms with Gasteiger partial charge in [0.05, 0.1) is 23.5 Å². The number of hydrogen-bond donors (Lipinski definition) is 1. The molecule has 0 saturated carbocycles. The van der Waals surface area contributed by atoms with Gasteiger partial charge in [0.1, 0.15) is 0 Å². The smallest absolute Gasteiger partial charge is 0.239 e. The number of rotatable bonds is 5. The Morgan fingerprint density at radius 3 is 2.45 bits per heavy atom. The number of carbonyl (C=O) groups excluding carboxylic acids is 1. The zero-order valence-corrected chi connectivity index (χ0v) is 14.2. The molecule has 118 valence electrons. The van der Waals surface area contributed by atoms with E-state index >= 15 is 0 Å². The normalized spacial score (nSPS) is 11.6. The van der Waals surface area contributed by atoms with Crippen LogP contribution in [-0.2, 0) is 14.8 Å². The molecule has 8 heteroatoms. The Labute approximate surface area is 133 Å². The molecular formula is C14H17N3O3S2. The molecule has 0 bridgehead atoms. The van der Waals surface area contributed by atoms with Gasteiger partial charge in [-0.3, -0.25) is 4.79 Å². The summed E-state index contributed by atoms with van der Waals surface area (Å²) in [5.41, 5.74) is 2.48. The lowest BCUT2D eigenvalue weighted by atomic mass is 10.1. The van der Waals surface area contributed by atoms with Crippen LogP contribution in [0, 0.1) is 6.92 Å². The van der Waals surface area contributed by atoms with Crippen molar-refractivity contribution in [2.75, 3.05) is 25.2 Å². The molecule has 1 heterocycles. The molecule has 0 aliphatic carbocycles. The SMILES string of the molecule is Cc1nc(-c2ccc(NC(=O)CN(C)S(C)(=O)=O)cc2)cs1. The van der Waals surface area contributed by atoms with E-state index in [1.165, 1.54) is 7.05 Å². The Morgan fingerprint density at radius 2 is 1.95 bits per heavy atom. The number of sulfonamides is 1. The number of anilines is 1. The number of thiazole rings is 1. The summed E-state index contributed by atoms with van der Waals surface area (Å²) in [4.78, 5) is 16.2. The topological polar surface area (TPSA) is 79.4 Å². The monoisotopic (exact) mass is 339 g/mol. The molecule has 6 nitrogen and oxygen atoms in total. The van der Waals surface area contributed by atoms with Crippen molar-refractivity contribution in [2.45, 2.75) is 6.92 Å². The predicted octanol–water partition coefficient (Wildman–Crippen LogP) is 1.95. The highest BCUT2D eigenvalue weighted by atomic mass is 32.2. The molecule has 0 fully saturated rings. The lowest BCUT2D eigenvalue weighted by Gasteiger charge is -2.13. The first kappa shape index (κ1) is 16.6. The number of benzene rings is 1. The lowest BCUT2D eigenvalue weighted by molar-refractivity contribution is -0.116. The number of nitrogens with zero attached hydrogens (tertiary/aromatic N) is 2. The number of nitrogens with one attached hydrogen (secondary N) is 1. The summed E-state index contributed by atoms with van der Waals surface area (Å²) < 4.78 is 23.5. The fraction of sp³-hybridized carbons (Fsp3) is 0.286. The van der Waals surface area contributed by atoms with E-state index in [9.17, 15) is 13.2 Å². The number of aromatic nitrogens is 1. The van der Waals surface area contributed by atoms with Gasteiger partial charge in [-0.25, -0.2) is 13.4 Å². The van der Waals surface area contributed by atoms with Crippen molar-refractivity contribution in [3.05, 3.63) is 34.7 Å². The van der Waals surface area contributed by atoms with Crippen molar-refractivity contribution in [2.24, 2.45) is 0 Å². The molecule has 2 aromatic rings. The molecule has 0 atom stereocenters. The Hall–Kier alpha value is -1.77. The summed E-state index contributed by atoms with van der Waals surface area (Å²) in [6.07, 6.45) is 1.06. The van der Waals surface area contributed by atoms with Crippen LogP contribution in [0.15, 0.2) is 29.6 Å². The average molecular weight is 339 g/mol. The van der Waals surface area contributed by atoms with E-state index in [-0.39, 0.29) is 12.5 Å². The summed E-state index contributed by atoms with van der Waals surface area (Å²) >= 11 is 1.58. The standard InChI is InChI=1S/C14H17N3O3S2/c1-10-15-13(9-21-10)11-4-6-12(7-5-11)16-14(18)8-17(2)22(3,19)20/h4-7,9H,8H2,1-3H3,(H,16,18). The van der Waals surface area contributed by atoms with Gasteiger partial charge >= 0.3 is 0 Å². The van der Waals surface area contributed by atoms with E-state index in [0.717, 1.165) is 26.8 Å². The van der Waals surface area contributed by atoms with Crippen molar-refractivity contribution in [1.29, 1.82) is 0 Å². The van der Waals surface area contributed by atoms with Crippen LogP contribution >= 0.6 is 11.3 Å². The van der Waals surface area contributed by atoms with E-state index in [1.807, 2.05) is 24.4 Å². The van der Waals surface area contributed by atoms with E-state index in [1.54, 1.807) is 23.5 Å². The van der Waals surface area contributed by atoms with Crippen LogP contribution in [0.2, 0.25) is 0 Å². The van der Waals surface area contributed by atoms with Crippen LogP contribution in [-0.4, -0.2) is 43.5 Å². The molecular weight excluding hydrogens is 322 g/mol. The minimum Gasteiger partial charge on any atom is -0.325 e. The highest BCUT2D eigenvalue weighted by molar-refractivity contribution is 7.88. The van der Waals surface area contributed by atoms with E-state index < -0.39 is 10.0 Å². The van der Waals surface area contributed by atoms with Crippen LogP contribution in [0.1, 0.15) is 5.01 Å². The highest BCUT2D eigenvalue weighted by Gasteiger charge is 2.15. The molecule has 0 unspecified atom stereocenters. The zero-order valence-electron chi connectivity index (χ0n) is 12.5. The Bertz CT molecular complexity index is 767. The molecule has 1 N–H and O–H groups in total. The molecule has 0 saturated heterocycles. The van der Waals surface area contributed by atoms with Crippen molar-refractivity contribution in [3.63, 3.8) is 0 Å². The Balaban J connectivity index is 2.01. The largest absolute Gasteiger partial charge is 0.325 e. The summed E-state index contributed by atoms with van der Waals surface area (Å²) in [7, 11) is -2.00. The highest BCUT2D eigenvalue weighted by Crippen LogP contribution is 2.23. The third kappa shape index (κ3) is 4.36. The average Bonchev–Trinajstić information content (AvgIpc) is 2.85. The van der Waals surface area contributed by atoms with Crippen molar-refractivity contribution < 1.29 is 13.2 Å². The van der Waals surface area contributed by atoms with Crippen LogP contribution in [0.3, 0.4) is 0 Å². The first-order chi connectivity index (χ1) is 10.3. The van der Waals surface area contributed by atoms with E-state index in [4.69, 9.17) is 0 Å². The molecule has 1 aromatic heterocycles. The predicted molar refractivity (Wildman–Crippen MR) is 88.4 cm³/mol. The maximum atomic E-state index is 11.8. The third-order valence-corrected chi connectivity index (χ3v) is 5.05. The maximum absolute atomic E-state index is 11.8. The van der Waals surface area contributed by atoms with Gasteiger partial charge in [0.15, 0.2) is 0 Å². The summed E-state index contributed by atoms with van der Waals surface area (Å²) in [6, 6.07) is 7.26. The van der Waals surface area contributed by atoms with Gasteiger partial charge in [0.2, 0.25) is 15.9 Å².